The number of hydrogen-bond acceptors (Lipinski definition) is 3. The SMILES string of the molecule is CC(CO)CNC(=O)CCn1cccn1. The van der Waals surface area contributed by atoms with Gasteiger partial charge in [-0.05, 0) is 12.0 Å². The van der Waals surface area contributed by atoms with Gasteiger partial charge in [-0.25, -0.2) is 0 Å². The van der Waals surface area contributed by atoms with Crippen LogP contribution in [0.3, 0.4) is 0 Å². The lowest BCUT2D eigenvalue weighted by Crippen LogP contribution is -2.30. The molecule has 0 aromatic carbocycles. The Morgan fingerprint density at radius 2 is 2.47 bits per heavy atom. The fourth-order valence-corrected chi connectivity index (χ4v) is 1.09. The third kappa shape index (κ3) is 4.60. The normalized spacial score (nSPS) is 12.4. The van der Waals surface area contributed by atoms with Crippen LogP contribution in [-0.4, -0.2) is 33.9 Å². The summed E-state index contributed by atoms with van der Waals surface area (Å²) >= 11 is 0. The van der Waals surface area contributed by atoms with Crippen molar-refractivity contribution in [2.75, 3.05) is 13.2 Å². The van der Waals surface area contributed by atoms with E-state index < -0.39 is 0 Å². The van der Waals surface area contributed by atoms with E-state index in [4.69, 9.17) is 5.11 Å². The van der Waals surface area contributed by atoms with Crippen LogP contribution in [0.25, 0.3) is 0 Å². The van der Waals surface area contributed by atoms with Gasteiger partial charge in [0.15, 0.2) is 0 Å². The third-order valence-corrected chi connectivity index (χ3v) is 2.09. The van der Waals surface area contributed by atoms with Crippen molar-refractivity contribution in [1.82, 2.24) is 15.1 Å². The summed E-state index contributed by atoms with van der Waals surface area (Å²) in [5.41, 5.74) is 0. The van der Waals surface area contributed by atoms with Crippen LogP contribution in [0, 0.1) is 5.92 Å². The Hall–Kier alpha value is -1.36. The Labute approximate surface area is 89.1 Å². The molecule has 0 saturated heterocycles. The minimum atomic E-state index is -0.00852. The first-order valence-electron chi connectivity index (χ1n) is 5.07. The van der Waals surface area contributed by atoms with Crippen LogP contribution in [0.15, 0.2) is 18.5 Å². The third-order valence-electron chi connectivity index (χ3n) is 2.09. The minimum absolute atomic E-state index is 0.00852. The van der Waals surface area contributed by atoms with Gasteiger partial charge in [0.2, 0.25) is 5.91 Å². The van der Waals surface area contributed by atoms with Gasteiger partial charge in [0.25, 0.3) is 0 Å². The molecule has 1 heterocycles. The molecule has 1 aromatic heterocycles. The summed E-state index contributed by atoms with van der Waals surface area (Å²) in [6.07, 6.45) is 3.93. The molecule has 1 rings (SSSR count). The quantitative estimate of drug-likeness (QED) is 0.697. The highest BCUT2D eigenvalue weighted by Crippen LogP contribution is 1.92. The molecule has 5 nitrogen and oxygen atoms in total. The van der Waals surface area contributed by atoms with E-state index in [9.17, 15) is 4.79 Å². The van der Waals surface area contributed by atoms with E-state index in [0.29, 0.717) is 19.5 Å². The highest BCUT2D eigenvalue weighted by atomic mass is 16.3. The van der Waals surface area contributed by atoms with Gasteiger partial charge >= 0.3 is 0 Å². The van der Waals surface area contributed by atoms with Crippen LogP contribution in [-0.2, 0) is 11.3 Å². The molecular weight excluding hydrogens is 194 g/mol. The van der Waals surface area contributed by atoms with Gasteiger partial charge in [0.1, 0.15) is 0 Å². The van der Waals surface area contributed by atoms with Crippen LogP contribution < -0.4 is 5.32 Å². The summed E-state index contributed by atoms with van der Waals surface area (Å²) in [6, 6.07) is 1.83. The molecule has 0 aliphatic carbocycles. The van der Waals surface area contributed by atoms with Crippen LogP contribution in [0.2, 0.25) is 0 Å². The lowest BCUT2D eigenvalue weighted by molar-refractivity contribution is -0.121. The molecule has 0 bridgehead atoms. The number of carbonyl (C=O) groups is 1. The molecule has 0 spiro atoms. The number of nitrogens with one attached hydrogen (secondary N) is 1. The second kappa shape index (κ2) is 6.19. The molecular formula is C10H17N3O2. The highest BCUT2D eigenvalue weighted by molar-refractivity contribution is 5.75. The molecule has 0 fully saturated rings. The summed E-state index contributed by atoms with van der Waals surface area (Å²) in [6.45, 7) is 3.09. The number of aliphatic hydroxyl groups excluding tert-OH is 1. The summed E-state index contributed by atoms with van der Waals surface area (Å²) in [7, 11) is 0. The first-order valence-corrected chi connectivity index (χ1v) is 5.07. The van der Waals surface area contributed by atoms with Crippen molar-refractivity contribution in [1.29, 1.82) is 0 Å². The van der Waals surface area contributed by atoms with Crippen molar-refractivity contribution in [2.24, 2.45) is 5.92 Å². The van der Waals surface area contributed by atoms with Crippen molar-refractivity contribution in [3.63, 3.8) is 0 Å². The maximum absolute atomic E-state index is 11.3. The van der Waals surface area contributed by atoms with Crippen LogP contribution in [0.5, 0.6) is 0 Å². The maximum Gasteiger partial charge on any atom is 0.221 e. The van der Waals surface area contributed by atoms with Crippen LogP contribution in [0.4, 0.5) is 0 Å². The van der Waals surface area contributed by atoms with Crippen molar-refractivity contribution in [3.8, 4) is 0 Å². The predicted octanol–water partition coefficient (Wildman–Crippen LogP) is 0.0178. The molecule has 1 aromatic rings. The Morgan fingerprint density at radius 3 is 3.07 bits per heavy atom. The van der Waals surface area contributed by atoms with Crippen molar-refractivity contribution in [2.45, 2.75) is 19.9 Å². The number of aliphatic hydroxyl groups is 1. The van der Waals surface area contributed by atoms with E-state index in [2.05, 4.69) is 10.4 Å². The molecule has 1 unspecified atom stereocenters. The Morgan fingerprint density at radius 1 is 1.67 bits per heavy atom. The molecule has 5 heteroatoms. The Bertz CT molecular complexity index is 285. The van der Waals surface area contributed by atoms with E-state index in [1.807, 2.05) is 19.2 Å². The smallest absolute Gasteiger partial charge is 0.221 e. The molecule has 0 aliphatic heterocycles. The average molecular weight is 211 g/mol. The molecule has 84 valence electrons. The zero-order valence-corrected chi connectivity index (χ0v) is 8.89. The first-order chi connectivity index (χ1) is 7.22. The number of rotatable bonds is 6. The summed E-state index contributed by atoms with van der Waals surface area (Å²) in [5.74, 6) is 0.101. The number of nitrogens with zero attached hydrogens (tertiary/aromatic N) is 2. The van der Waals surface area contributed by atoms with E-state index in [-0.39, 0.29) is 18.4 Å². The van der Waals surface area contributed by atoms with Crippen LogP contribution >= 0.6 is 0 Å². The molecule has 0 aliphatic rings. The zero-order valence-electron chi connectivity index (χ0n) is 8.89. The largest absolute Gasteiger partial charge is 0.396 e. The van der Waals surface area contributed by atoms with Crippen molar-refractivity contribution in [3.05, 3.63) is 18.5 Å². The van der Waals surface area contributed by atoms with Crippen molar-refractivity contribution < 1.29 is 9.90 Å². The van der Waals surface area contributed by atoms with Gasteiger partial charge in [0, 0.05) is 38.5 Å². The zero-order chi connectivity index (χ0) is 11.1. The Balaban J connectivity index is 2.14. The standard InChI is InChI=1S/C10H17N3O2/c1-9(8-14)7-11-10(15)3-6-13-5-2-4-12-13/h2,4-5,9,14H,3,6-8H2,1H3,(H,11,15). The summed E-state index contributed by atoms with van der Waals surface area (Å²) in [4.78, 5) is 11.3. The Kier molecular flexibility index (Phi) is 4.83. The number of carbonyl (C=O) groups excluding carboxylic acids is 1. The number of amides is 1. The van der Waals surface area contributed by atoms with E-state index in [1.165, 1.54) is 0 Å². The van der Waals surface area contributed by atoms with Gasteiger partial charge in [-0.15, -0.1) is 0 Å². The lowest BCUT2D eigenvalue weighted by Gasteiger charge is -2.09. The lowest BCUT2D eigenvalue weighted by atomic mass is 10.2. The number of aromatic nitrogens is 2. The van der Waals surface area contributed by atoms with Gasteiger partial charge in [-0.2, -0.15) is 5.10 Å². The van der Waals surface area contributed by atoms with Crippen molar-refractivity contribution >= 4 is 5.91 Å². The fraction of sp³-hybridized carbons (Fsp3) is 0.600. The van der Waals surface area contributed by atoms with E-state index in [0.717, 1.165) is 0 Å². The highest BCUT2D eigenvalue weighted by Gasteiger charge is 2.04. The van der Waals surface area contributed by atoms with Gasteiger partial charge < -0.3 is 10.4 Å². The summed E-state index contributed by atoms with van der Waals surface area (Å²) in [5, 5.41) is 15.5. The van der Waals surface area contributed by atoms with Gasteiger partial charge in [-0.3, -0.25) is 9.48 Å². The first kappa shape index (κ1) is 11.7. The molecule has 1 amide bonds. The molecule has 0 radical (unpaired) electrons. The maximum atomic E-state index is 11.3. The predicted molar refractivity (Wildman–Crippen MR) is 56.1 cm³/mol. The summed E-state index contributed by atoms with van der Waals surface area (Å²) < 4.78 is 1.72. The number of aryl methyl sites for hydroxylation is 1. The fourth-order valence-electron chi connectivity index (χ4n) is 1.09. The average Bonchev–Trinajstić information content (AvgIpc) is 2.75. The van der Waals surface area contributed by atoms with E-state index >= 15 is 0 Å². The van der Waals surface area contributed by atoms with Gasteiger partial charge in [0.05, 0.1) is 0 Å². The van der Waals surface area contributed by atoms with E-state index in [1.54, 1.807) is 10.9 Å². The monoisotopic (exact) mass is 211 g/mol. The number of hydrogen-bond donors (Lipinski definition) is 2. The van der Waals surface area contributed by atoms with Gasteiger partial charge in [-0.1, -0.05) is 6.92 Å². The van der Waals surface area contributed by atoms with Crippen LogP contribution in [0.1, 0.15) is 13.3 Å². The molecule has 1 atom stereocenters. The topological polar surface area (TPSA) is 67.2 Å². The second-order valence-electron chi connectivity index (χ2n) is 3.61. The molecule has 15 heavy (non-hydrogen) atoms. The molecule has 0 saturated carbocycles. The minimum Gasteiger partial charge on any atom is -0.396 e. The second-order valence-corrected chi connectivity index (χ2v) is 3.61. The molecule has 2 N–H and O–H groups in total.